The smallest absolute Gasteiger partial charge is 0.244 e. The number of carbonyl (C=O) groups excluding carboxylic acids is 1. The molecule has 0 fully saturated rings. The van der Waals surface area contributed by atoms with Crippen LogP contribution in [0.2, 0.25) is 0 Å². The highest BCUT2D eigenvalue weighted by atomic mass is 16.2. The summed E-state index contributed by atoms with van der Waals surface area (Å²) in [6.45, 7) is 1.71. The van der Waals surface area contributed by atoms with E-state index in [-0.39, 0.29) is 12.5 Å². The number of nitrogens with two attached hydrogens (primary N) is 1. The van der Waals surface area contributed by atoms with E-state index in [4.69, 9.17) is 5.73 Å². The molecule has 0 saturated carbocycles. The van der Waals surface area contributed by atoms with Gasteiger partial charge in [0.2, 0.25) is 5.91 Å². The quantitative estimate of drug-likeness (QED) is 0.873. The molecule has 98 valence electrons. The van der Waals surface area contributed by atoms with Crippen LogP contribution in [0.5, 0.6) is 0 Å². The van der Waals surface area contributed by atoms with Crippen LogP contribution in [0.25, 0.3) is 0 Å². The second-order valence-electron chi connectivity index (χ2n) is 4.77. The van der Waals surface area contributed by atoms with Gasteiger partial charge in [0, 0.05) is 19.3 Å². The van der Waals surface area contributed by atoms with Gasteiger partial charge < -0.3 is 10.6 Å². The Morgan fingerprint density at radius 3 is 2.79 bits per heavy atom. The van der Waals surface area contributed by atoms with Crippen molar-refractivity contribution >= 4 is 11.7 Å². The van der Waals surface area contributed by atoms with E-state index in [1.807, 2.05) is 17.0 Å². The average molecular weight is 256 g/mol. The summed E-state index contributed by atoms with van der Waals surface area (Å²) in [6, 6.07) is 9.97. The van der Waals surface area contributed by atoms with Crippen LogP contribution in [0.1, 0.15) is 11.1 Å². The van der Waals surface area contributed by atoms with Gasteiger partial charge in [-0.15, -0.1) is 0 Å². The largest absolute Gasteiger partial charge is 0.382 e. The summed E-state index contributed by atoms with van der Waals surface area (Å²) < 4.78 is 1.58. The minimum Gasteiger partial charge on any atom is -0.382 e. The molecule has 0 unspecified atom stereocenters. The van der Waals surface area contributed by atoms with Crippen LogP contribution in [0.3, 0.4) is 0 Å². The zero-order valence-corrected chi connectivity index (χ0v) is 10.6. The van der Waals surface area contributed by atoms with Gasteiger partial charge in [-0.3, -0.25) is 9.48 Å². The Morgan fingerprint density at radius 2 is 2.05 bits per heavy atom. The van der Waals surface area contributed by atoms with Crippen molar-refractivity contribution in [3.63, 3.8) is 0 Å². The molecule has 2 N–H and O–H groups in total. The first-order chi connectivity index (χ1) is 9.22. The van der Waals surface area contributed by atoms with Crippen LogP contribution in [-0.2, 0) is 24.3 Å². The number of rotatable bonds is 2. The minimum atomic E-state index is 0.0811. The van der Waals surface area contributed by atoms with Gasteiger partial charge in [0.1, 0.15) is 12.4 Å². The van der Waals surface area contributed by atoms with Crippen LogP contribution in [0.4, 0.5) is 5.82 Å². The molecule has 1 aliphatic heterocycles. The Hall–Kier alpha value is -2.30. The van der Waals surface area contributed by atoms with Crippen molar-refractivity contribution in [1.29, 1.82) is 0 Å². The minimum absolute atomic E-state index is 0.0811. The topological polar surface area (TPSA) is 64.2 Å². The van der Waals surface area contributed by atoms with E-state index < -0.39 is 0 Å². The number of hydrogen-bond acceptors (Lipinski definition) is 3. The molecule has 0 saturated heterocycles. The van der Waals surface area contributed by atoms with E-state index in [0.717, 1.165) is 13.0 Å². The Kier molecular flexibility index (Phi) is 2.95. The predicted molar refractivity (Wildman–Crippen MR) is 72.2 cm³/mol. The fraction of sp³-hybridized carbons (Fsp3) is 0.286. The maximum atomic E-state index is 12.2. The van der Waals surface area contributed by atoms with Crippen molar-refractivity contribution in [2.45, 2.75) is 19.5 Å². The highest BCUT2D eigenvalue weighted by Gasteiger charge is 2.20. The third-order valence-electron chi connectivity index (χ3n) is 3.44. The van der Waals surface area contributed by atoms with Gasteiger partial charge in [0.05, 0.1) is 0 Å². The Balaban J connectivity index is 1.69. The third-order valence-corrected chi connectivity index (χ3v) is 3.44. The zero-order valence-electron chi connectivity index (χ0n) is 10.6. The van der Waals surface area contributed by atoms with E-state index >= 15 is 0 Å². The van der Waals surface area contributed by atoms with E-state index in [0.29, 0.717) is 12.4 Å². The van der Waals surface area contributed by atoms with Gasteiger partial charge in [-0.1, -0.05) is 24.3 Å². The summed E-state index contributed by atoms with van der Waals surface area (Å²) in [4.78, 5) is 14.1. The molecule has 1 aliphatic rings. The molecular formula is C14H16N4O. The van der Waals surface area contributed by atoms with Crippen molar-refractivity contribution in [3.8, 4) is 0 Å². The Morgan fingerprint density at radius 1 is 1.26 bits per heavy atom. The monoisotopic (exact) mass is 256 g/mol. The zero-order chi connectivity index (χ0) is 13.2. The van der Waals surface area contributed by atoms with Gasteiger partial charge in [0.25, 0.3) is 0 Å². The summed E-state index contributed by atoms with van der Waals surface area (Å²) in [5.41, 5.74) is 8.12. The molecule has 0 bridgehead atoms. The van der Waals surface area contributed by atoms with Crippen molar-refractivity contribution in [3.05, 3.63) is 47.7 Å². The summed E-state index contributed by atoms with van der Waals surface area (Å²) in [5, 5.41) is 4.04. The summed E-state index contributed by atoms with van der Waals surface area (Å²) >= 11 is 0. The van der Waals surface area contributed by atoms with E-state index in [1.165, 1.54) is 11.1 Å². The highest BCUT2D eigenvalue weighted by Crippen LogP contribution is 2.18. The maximum Gasteiger partial charge on any atom is 0.244 e. The van der Waals surface area contributed by atoms with E-state index in [1.54, 1.807) is 16.9 Å². The Bertz CT molecular complexity index is 605. The van der Waals surface area contributed by atoms with E-state index in [9.17, 15) is 4.79 Å². The molecular weight excluding hydrogens is 240 g/mol. The van der Waals surface area contributed by atoms with Gasteiger partial charge in [0.15, 0.2) is 0 Å². The molecule has 19 heavy (non-hydrogen) atoms. The molecule has 0 radical (unpaired) electrons. The fourth-order valence-corrected chi connectivity index (χ4v) is 2.41. The standard InChI is InChI=1S/C14H16N4O/c15-13-6-8-18(16-13)10-14(19)17-7-5-11-3-1-2-4-12(11)9-17/h1-4,6,8H,5,7,9-10H2,(H2,15,16). The van der Waals surface area contributed by atoms with Gasteiger partial charge in [-0.05, 0) is 23.6 Å². The molecule has 5 heteroatoms. The molecule has 0 aliphatic carbocycles. The fourth-order valence-electron chi connectivity index (χ4n) is 2.41. The predicted octanol–water partition coefficient (Wildman–Crippen LogP) is 1.05. The first-order valence-electron chi connectivity index (χ1n) is 6.36. The van der Waals surface area contributed by atoms with E-state index in [2.05, 4.69) is 17.2 Å². The molecule has 5 nitrogen and oxygen atoms in total. The second-order valence-corrected chi connectivity index (χ2v) is 4.77. The number of fused-ring (bicyclic) bond motifs is 1. The number of anilines is 1. The van der Waals surface area contributed by atoms with Crippen LogP contribution >= 0.6 is 0 Å². The average Bonchev–Trinajstić information content (AvgIpc) is 2.83. The molecule has 3 rings (SSSR count). The normalized spacial score (nSPS) is 14.2. The summed E-state index contributed by atoms with van der Waals surface area (Å²) in [6.07, 6.45) is 2.65. The van der Waals surface area contributed by atoms with Gasteiger partial charge in [-0.2, -0.15) is 5.10 Å². The number of hydrogen-bond donors (Lipinski definition) is 1. The number of aromatic nitrogens is 2. The summed E-state index contributed by atoms with van der Waals surface area (Å²) in [5.74, 6) is 0.523. The van der Waals surface area contributed by atoms with Crippen molar-refractivity contribution in [2.75, 3.05) is 12.3 Å². The summed E-state index contributed by atoms with van der Waals surface area (Å²) in [7, 11) is 0. The van der Waals surface area contributed by atoms with Crippen molar-refractivity contribution < 1.29 is 4.79 Å². The van der Waals surface area contributed by atoms with Crippen LogP contribution in [-0.4, -0.2) is 27.1 Å². The van der Waals surface area contributed by atoms with Crippen LogP contribution in [0.15, 0.2) is 36.5 Å². The lowest BCUT2D eigenvalue weighted by atomic mass is 10.00. The third kappa shape index (κ3) is 2.45. The lowest BCUT2D eigenvalue weighted by Gasteiger charge is -2.28. The molecule has 1 amide bonds. The molecule has 1 aromatic carbocycles. The number of nitrogens with zero attached hydrogens (tertiary/aromatic N) is 3. The van der Waals surface area contributed by atoms with Crippen molar-refractivity contribution in [2.24, 2.45) is 0 Å². The first-order valence-corrected chi connectivity index (χ1v) is 6.36. The van der Waals surface area contributed by atoms with Gasteiger partial charge >= 0.3 is 0 Å². The molecule has 2 heterocycles. The second kappa shape index (κ2) is 4.76. The van der Waals surface area contributed by atoms with Gasteiger partial charge in [-0.25, -0.2) is 0 Å². The molecule has 2 aromatic rings. The maximum absolute atomic E-state index is 12.2. The number of amides is 1. The highest BCUT2D eigenvalue weighted by molar-refractivity contribution is 5.76. The lowest BCUT2D eigenvalue weighted by Crippen LogP contribution is -2.38. The van der Waals surface area contributed by atoms with Crippen LogP contribution < -0.4 is 5.73 Å². The number of nitrogen functional groups attached to an aromatic ring is 1. The van der Waals surface area contributed by atoms with Crippen LogP contribution in [0, 0.1) is 0 Å². The molecule has 0 spiro atoms. The molecule has 1 aromatic heterocycles. The first kappa shape index (κ1) is 11.8. The lowest BCUT2D eigenvalue weighted by molar-refractivity contribution is -0.132. The number of benzene rings is 1. The molecule has 0 atom stereocenters. The SMILES string of the molecule is Nc1ccn(CC(=O)N2CCc3ccccc3C2)n1. The van der Waals surface area contributed by atoms with Crippen molar-refractivity contribution in [1.82, 2.24) is 14.7 Å². The number of carbonyl (C=O) groups is 1. The Labute approximate surface area is 111 Å².